The van der Waals surface area contributed by atoms with Gasteiger partial charge in [-0.05, 0) is 24.3 Å². The van der Waals surface area contributed by atoms with Crippen LogP contribution in [0.3, 0.4) is 0 Å². The number of amides is 1. The second-order valence-corrected chi connectivity index (χ2v) is 5.46. The maximum Gasteiger partial charge on any atom is 0.223 e. The molecule has 2 aromatic heterocycles. The number of piperazine rings is 1. The van der Waals surface area contributed by atoms with Crippen molar-refractivity contribution in [3.63, 3.8) is 0 Å². The van der Waals surface area contributed by atoms with Gasteiger partial charge >= 0.3 is 0 Å². The summed E-state index contributed by atoms with van der Waals surface area (Å²) < 4.78 is 5.25. The summed E-state index contributed by atoms with van der Waals surface area (Å²) in [6, 6.07) is 9.32. The summed E-state index contributed by atoms with van der Waals surface area (Å²) >= 11 is 0. The number of aryl methyl sites for hydroxylation is 1. The van der Waals surface area contributed by atoms with Crippen LogP contribution in [0.15, 0.2) is 41.1 Å². The van der Waals surface area contributed by atoms with Crippen LogP contribution in [-0.2, 0) is 11.2 Å². The van der Waals surface area contributed by atoms with Crippen molar-refractivity contribution in [2.75, 3.05) is 31.1 Å². The van der Waals surface area contributed by atoms with Crippen LogP contribution < -0.4 is 4.90 Å². The Morgan fingerprint density at radius 3 is 2.83 bits per heavy atom. The molecule has 0 spiro atoms. The molecule has 1 aliphatic heterocycles. The quantitative estimate of drug-likeness (QED) is 0.861. The molecule has 0 bridgehead atoms. The molecule has 3 heterocycles. The molecule has 1 fully saturated rings. The van der Waals surface area contributed by atoms with E-state index < -0.39 is 0 Å². The molecule has 1 aliphatic rings. The SMILES string of the molecule is N#Cc1ccnc(N2CCN(C(=O)CCc3ccco3)CC2)c1. The van der Waals surface area contributed by atoms with Gasteiger partial charge in [-0.15, -0.1) is 0 Å². The minimum atomic E-state index is 0.153. The van der Waals surface area contributed by atoms with Crippen LogP contribution in [0.5, 0.6) is 0 Å². The predicted octanol–water partition coefficient (Wildman–Crippen LogP) is 1.83. The normalized spacial score (nSPS) is 14.6. The highest BCUT2D eigenvalue weighted by Crippen LogP contribution is 2.15. The Labute approximate surface area is 134 Å². The van der Waals surface area contributed by atoms with Crippen molar-refractivity contribution in [2.45, 2.75) is 12.8 Å². The molecular weight excluding hydrogens is 292 g/mol. The van der Waals surface area contributed by atoms with Gasteiger partial charge in [0.1, 0.15) is 11.6 Å². The zero-order valence-electron chi connectivity index (χ0n) is 12.8. The zero-order valence-corrected chi connectivity index (χ0v) is 12.8. The van der Waals surface area contributed by atoms with Crippen molar-refractivity contribution >= 4 is 11.7 Å². The maximum absolute atomic E-state index is 12.2. The lowest BCUT2D eigenvalue weighted by molar-refractivity contribution is -0.131. The molecule has 6 nitrogen and oxygen atoms in total. The molecule has 0 saturated carbocycles. The van der Waals surface area contributed by atoms with Crippen LogP contribution in [-0.4, -0.2) is 42.0 Å². The standard InChI is InChI=1S/C17H18N4O2/c18-13-14-5-6-19-16(12-14)20-7-9-21(10-8-20)17(22)4-3-15-2-1-11-23-15/h1-2,5-6,11-12H,3-4,7-10H2. The summed E-state index contributed by atoms with van der Waals surface area (Å²) in [7, 11) is 0. The Morgan fingerprint density at radius 1 is 1.30 bits per heavy atom. The molecule has 6 heteroatoms. The largest absolute Gasteiger partial charge is 0.469 e. The van der Waals surface area contributed by atoms with Gasteiger partial charge in [0, 0.05) is 45.2 Å². The summed E-state index contributed by atoms with van der Waals surface area (Å²) in [5.41, 5.74) is 0.604. The highest BCUT2D eigenvalue weighted by atomic mass is 16.3. The molecule has 23 heavy (non-hydrogen) atoms. The Kier molecular flexibility index (Phi) is 4.57. The second kappa shape index (κ2) is 6.97. The van der Waals surface area contributed by atoms with Gasteiger partial charge in [0.15, 0.2) is 0 Å². The fourth-order valence-corrected chi connectivity index (χ4v) is 2.69. The molecule has 0 aliphatic carbocycles. The lowest BCUT2D eigenvalue weighted by Crippen LogP contribution is -2.49. The van der Waals surface area contributed by atoms with Gasteiger partial charge in [-0.25, -0.2) is 4.98 Å². The van der Waals surface area contributed by atoms with E-state index in [2.05, 4.69) is 16.0 Å². The molecule has 3 rings (SSSR count). The first-order chi connectivity index (χ1) is 11.3. The number of hydrogen-bond acceptors (Lipinski definition) is 5. The summed E-state index contributed by atoms with van der Waals surface area (Å²) in [5, 5.41) is 8.96. The number of anilines is 1. The molecule has 2 aromatic rings. The monoisotopic (exact) mass is 310 g/mol. The number of rotatable bonds is 4. The van der Waals surface area contributed by atoms with E-state index in [1.807, 2.05) is 17.0 Å². The number of nitrogens with zero attached hydrogens (tertiary/aromatic N) is 4. The van der Waals surface area contributed by atoms with Crippen LogP contribution in [0.1, 0.15) is 17.7 Å². The van der Waals surface area contributed by atoms with Crippen LogP contribution in [0.4, 0.5) is 5.82 Å². The minimum absolute atomic E-state index is 0.153. The Hall–Kier alpha value is -2.81. The van der Waals surface area contributed by atoms with Crippen LogP contribution >= 0.6 is 0 Å². The third-order valence-corrected chi connectivity index (χ3v) is 4.00. The summed E-state index contributed by atoms with van der Waals surface area (Å²) in [6.07, 6.45) is 4.38. The van der Waals surface area contributed by atoms with Crippen molar-refractivity contribution in [1.29, 1.82) is 5.26 Å². The first-order valence-corrected chi connectivity index (χ1v) is 7.67. The molecule has 0 unspecified atom stereocenters. The van der Waals surface area contributed by atoms with Crippen molar-refractivity contribution in [3.8, 4) is 6.07 Å². The van der Waals surface area contributed by atoms with Gasteiger partial charge in [-0.2, -0.15) is 5.26 Å². The van der Waals surface area contributed by atoms with Crippen LogP contribution in [0, 0.1) is 11.3 Å². The Morgan fingerprint density at radius 2 is 2.13 bits per heavy atom. The van der Waals surface area contributed by atoms with Gasteiger partial charge in [-0.1, -0.05) is 0 Å². The average molecular weight is 310 g/mol. The van der Waals surface area contributed by atoms with Gasteiger partial charge in [0.2, 0.25) is 5.91 Å². The summed E-state index contributed by atoms with van der Waals surface area (Å²) in [4.78, 5) is 20.5. The van der Waals surface area contributed by atoms with E-state index in [4.69, 9.17) is 9.68 Å². The molecule has 0 N–H and O–H groups in total. The third kappa shape index (κ3) is 3.69. The number of pyridine rings is 1. The van der Waals surface area contributed by atoms with Gasteiger partial charge < -0.3 is 14.2 Å². The van der Waals surface area contributed by atoms with E-state index >= 15 is 0 Å². The first-order valence-electron chi connectivity index (χ1n) is 7.67. The Balaban J connectivity index is 1.51. The lowest BCUT2D eigenvalue weighted by atomic mass is 10.2. The second-order valence-electron chi connectivity index (χ2n) is 5.46. The topological polar surface area (TPSA) is 73.4 Å². The van der Waals surface area contributed by atoms with Gasteiger partial charge in [-0.3, -0.25) is 4.79 Å². The number of hydrogen-bond donors (Lipinski definition) is 0. The smallest absolute Gasteiger partial charge is 0.223 e. The van der Waals surface area contributed by atoms with Gasteiger partial charge in [0.05, 0.1) is 17.9 Å². The number of furan rings is 1. The van der Waals surface area contributed by atoms with Crippen molar-refractivity contribution in [2.24, 2.45) is 0 Å². The summed E-state index contributed by atoms with van der Waals surface area (Å²) in [6.45, 7) is 2.81. The molecule has 0 atom stereocenters. The van der Waals surface area contributed by atoms with Crippen molar-refractivity contribution < 1.29 is 9.21 Å². The lowest BCUT2D eigenvalue weighted by Gasteiger charge is -2.35. The molecule has 1 saturated heterocycles. The fourth-order valence-electron chi connectivity index (χ4n) is 2.69. The number of nitriles is 1. The molecule has 0 radical (unpaired) electrons. The number of carbonyl (C=O) groups excluding carboxylic acids is 1. The van der Waals surface area contributed by atoms with E-state index in [9.17, 15) is 4.79 Å². The third-order valence-electron chi connectivity index (χ3n) is 4.00. The fraction of sp³-hybridized carbons (Fsp3) is 0.353. The van der Waals surface area contributed by atoms with Crippen molar-refractivity contribution in [1.82, 2.24) is 9.88 Å². The number of carbonyl (C=O) groups is 1. The number of aromatic nitrogens is 1. The van der Waals surface area contributed by atoms with Crippen LogP contribution in [0.2, 0.25) is 0 Å². The van der Waals surface area contributed by atoms with E-state index in [1.165, 1.54) is 0 Å². The highest BCUT2D eigenvalue weighted by Gasteiger charge is 2.22. The molecule has 118 valence electrons. The van der Waals surface area contributed by atoms with Crippen LogP contribution in [0.25, 0.3) is 0 Å². The van der Waals surface area contributed by atoms with E-state index in [0.29, 0.717) is 31.5 Å². The highest BCUT2D eigenvalue weighted by molar-refractivity contribution is 5.76. The molecule has 0 aromatic carbocycles. The average Bonchev–Trinajstić information content (AvgIpc) is 3.13. The summed E-state index contributed by atoms with van der Waals surface area (Å²) in [5.74, 6) is 1.79. The maximum atomic E-state index is 12.2. The van der Waals surface area contributed by atoms with E-state index in [1.54, 1.807) is 24.6 Å². The van der Waals surface area contributed by atoms with E-state index in [0.717, 1.165) is 24.7 Å². The van der Waals surface area contributed by atoms with E-state index in [-0.39, 0.29) is 5.91 Å². The molecule has 1 amide bonds. The molecular formula is C17H18N4O2. The van der Waals surface area contributed by atoms with Gasteiger partial charge in [0.25, 0.3) is 0 Å². The zero-order chi connectivity index (χ0) is 16.1. The van der Waals surface area contributed by atoms with Crippen molar-refractivity contribution in [3.05, 3.63) is 48.0 Å². The first kappa shape index (κ1) is 15.1. The minimum Gasteiger partial charge on any atom is -0.469 e. The Bertz CT molecular complexity index is 698. The predicted molar refractivity (Wildman–Crippen MR) is 84.8 cm³/mol.